The molecule has 0 atom stereocenters. The van der Waals surface area contributed by atoms with E-state index >= 15 is 0 Å². The average Bonchev–Trinajstić information content (AvgIpc) is 2.46. The third kappa shape index (κ3) is 5.77. The summed E-state index contributed by atoms with van der Waals surface area (Å²) in [5.41, 5.74) is 0. The largest absolute Gasteiger partial charge is 0.480 e. The number of urea groups is 1. The van der Waals surface area contributed by atoms with Crippen LogP contribution in [-0.4, -0.2) is 54.4 Å². The van der Waals surface area contributed by atoms with Crippen molar-refractivity contribution in [3.05, 3.63) is 0 Å². The van der Waals surface area contributed by atoms with Gasteiger partial charge in [0.1, 0.15) is 6.61 Å². The van der Waals surface area contributed by atoms with Gasteiger partial charge in [-0.2, -0.15) is 0 Å². The lowest BCUT2D eigenvalue weighted by Gasteiger charge is -2.32. The van der Waals surface area contributed by atoms with Gasteiger partial charge in [0.05, 0.1) is 6.10 Å². The van der Waals surface area contributed by atoms with Gasteiger partial charge < -0.3 is 20.1 Å². The minimum Gasteiger partial charge on any atom is -0.480 e. The summed E-state index contributed by atoms with van der Waals surface area (Å²) in [4.78, 5) is 24.2. The molecule has 1 heterocycles. The number of aliphatic carboxylic acids is 1. The van der Waals surface area contributed by atoms with Crippen LogP contribution in [-0.2, 0) is 9.53 Å². The second-order valence-electron chi connectivity index (χ2n) is 5.26. The Labute approximate surface area is 120 Å². The summed E-state index contributed by atoms with van der Waals surface area (Å²) in [6.07, 6.45) is 3.50. The van der Waals surface area contributed by atoms with Crippen LogP contribution in [0.3, 0.4) is 0 Å². The maximum absolute atomic E-state index is 12.0. The molecule has 0 unspecified atom stereocenters. The number of nitrogens with zero attached hydrogens (tertiary/aromatic N) is 1. The first-order valence-corrected chi connectivity index (χ1v) is 7.42. The van der Waals surface area contributed by atoms with Gasteiger partial charge in [-0.15, -0.1) is 0 Å². The molecular formula is C14H26N2O4. The zero-order valence-corrected chi connectivity index (χ0v) is 12.4. The van der Waals surface area contributed by atoms with E-state index in [1.807, 2.05) is 0 Å². The van der Waals surface area contributed by atoms with Crippen LogP contribution >= 0.6 is 0 Å². The molecule has 1 aliphatic heterocycles. The second kappa shape index (κ2) is 8.79. The predicted molar refractivity (Wildman–Crippen MR) is 75.7 cm³/mol. The van der Waals surface area contributed by atoms with Gasteiger partial charge in [0, 0.05) is 19.6 Å². The minimum absolute atomic E-state index is 0.0198. The molecule has 0 aliphatic carbocycles. The maximum atomic E-state index is 12.0. The average molecular weight is 286 g/mol. The molecule has 0 aromatic rings. The quantitative estimate of drug-likeness (QED) is 0.746. The van der Waals surface area contributed by atoms with Crippen LogP contribution in [0.15, 0.2) is 0 Å². The normalized spacial score (nSPS) is 16.4. The Bertz CT molecular complexity index is 310. The molecule has 0 saturated carbocycles. The van der Waals surface area contributed by atoms with Crippen LogP contribution in [0, 0.1) is 5.92 Å². The topological polar surface area (TPSA) is 78.9 Å². The molecule has 1 rings (SSSR count). The standard InChI is InChI=1S/C14H26N2O4/c1-3-11(4-2)9-15-14(19)16-7-5-12(6-8-16)20-10-13(17)18/h11-12H,3-10H2,1-2H3,(H,15,19)(H,17,18). The summed E-state index contributed by atoms with van der Waals surface area (Å²) in [5, 5.41) is 11.5. The minimum atomic E-state index is -0.949. The van der Waals surface area contributed by atoms with Crippen LogP contribution < -0.4 is 5.32 Å². The van der Waals surface area contributed by atoms with E-state index in [0.29, 0.717) is 31.8 Å². The molecule has 2 N–H and O–H groups in total. The summed E-state index contributed by atoms with van der Waals surface area (Å²) in [7, 11) is 0. The Morgan fingerprint density at radius 3 is 2.40 bits per heavy atom. The van der Waals surface area contributed by atoms with Gasteiger partial charge in [0.2, 0.25) is 0 Å². The van der Waals surface area contributed by atoms with E-state index in [-0.39, 0.29) is 18.7 Å². The number of hydrogen-bond acceptors (Lipinski definition) is 3. The van der Waals surface area contributed by atoms with Crippen molar-refractivity contribution in [1.82, 2.24) is 10.2 Å². The molecule has 0 bridgehead atoms. The van der Waals surface area contributed by atoms with Crippen LogP contribution in [0.25, 0.3) is 0 Å². The smallest absolute Gasteiger partial charge is 0.329 e. The number of ether oxygens (including phenoxy) is 1. The molecule has 1 aliphatic rings. The maximum Gasteiger partial charge on any atom is 0.329 e. The van der Waals surface area contributed by atoms with E-state index in [0.717, 1.165) is 19.4 Å². The van der Waals surface area contributed by atoms with Crippen molar-refractivity contribution in [3.8, 4) is 0 Å². The van der Waals surface area contributed by atoms with Gasteiger partial charge in [-0.05, 0) is 18.8 Å². The number of piperidine rings is 1. The van der Waals surface area contributed by atoms with Crippen LogP contribution in [0.2, 0.25) is 0 Å². The number of amides is 2. The number of hydrogen-bond donors (Lipinski definition) is 2. The Hall–Kier alpha value is -1.30. The molecular weight excluding hydrogens is 260 g/mol. The molecule has 0 aromatic carbocycles. The van der Waals surface area contributed by atoms with Gasteiger partial charge in [0.15, 0.2) is 0 Å². The van der Waals surface area contributed by atoms with E-state index in [2.05, 4.69) is 19.2 Å². The number of rotatable bonds is 7. The summed E-state index contributed by atoms with van der Waals surface area (Å²) in [6, 6.07) is -0.0198. The monoisotopic (exact) mass is 286 g/mol. The van der Waals surface area contributed by atoms with Gasteiger partial charge in [0.25, 0.3) is 0 Å². The van der Waals surface area contributed by atoms with Crippen molar-refractivity contribution >= 4 is 12.0 Å². The van der Waals surface area contributed by atoms with E-state index in [4.69, 9.17) is 9.84 Å². The third-order valence-electron chi connectivity index (χ3n) is 3.87. The van der Waals surface area contributed by atoms with Crippen LogP contribution in [0.5, 0.6) is 0 Å². The van der Waals surface area contributed by atoms with E-state index in [9.17, 15) is 9.59 Å². The Balaban J connectivity index is 2.23. The molecule has 20 heavy (non-hydrogen) atoms. The first-order valence-electron chi connectivity index (χ1n) is 7.42. The Morgan fingerprint density at radius 2 is 1.90 bits per heavy atom. The fourth-order valence-electron chi connectivity index (χ4n) is 2.34. The number of nitrogens with one attached hydrogen (secondary N) is 1. The lowest BCUT2D eigenvalue weighted by atomic mass is 10.0. The number of likely N-dealkylation sites (tertiary alicyclic amines) is 1. The number of carbonyl (C=O) groups is 2. The summed E-state index contributed by atoms with van der Waals surface area (Å²) < 4.78 is 5.25. The van der Waals surface area contributed by atoms with Crippen molar-refractivity contribution < 1.29 is 19.4 Å². The molecule has 1 fully saturated rings. The number of carboxylic acid groups (broad SMARTS) is 1. The second-order valence-corrected chi connectivity index (χ2v) is 5.26. The predicted octanol–water partition coefficient (Wildman–Crippen LogP) is 1.70. The van der Waals surface area contributed by atoms with Crippen molar-refractivity contribution in [2.45, 2.75) is 45.6 Å². The first kappa shape index (κ1) is 16.8. The fourth-order valence-corrected chi connectivity index (χ4v) is 2.34. The molecule has 6 heteroatoms. The molecule has 0 radical (unpaired) electrons. The summed E-state index contributed by atoms with van der Waals surface area (Å²) >= 11 is 0. The summed E-state index contributed by atoms with van der Waals surface area (Å²) in [6.45, 7) is 5.97. The van der Waals surface area contributed by atoms with E-state index < -0.39 is 5.97 Å². The van der Waals surface area contributed by atoms with E-state index in [1.54, 1.807) is 4.90 Å². The zero-order valence-electron chi connectivity index (χ0n) is 12.4. The lowest BCUT2D eigenvalue weighted by Crippen LogP contribution is -2.47. The van der Waals surface area contributed by atoms with Gasteiger partial charge >= 0.3 is 12.0 Å². The zero-order chi connectivity index (χ0) is 15.0. The van der Waals surface area contributed by atoms with Crippen molar-refractivity contribution in [3.63, 3.8) is 0 Å². The molecule has 0 spiro atoms. The van der Waals surface area contributed by atoms with Crippen molar-refractivity contribution in [2.24, 2.45) is 5.92 Å². The highest BCUT2D eigenvalue weighted by molar-refractivity contribution is 5.74. The van der Waals surface area contributed by atoms with E-state index in [1.165, 1.54) is 0 Å². The number of carboxylic acids is 1. The molecule has 0 aromatic heterocycles. The van der Waals surface area contributed by atoms with Crippen molar-refractivity contribution in [1.29, 1.82) is 0 Å². The highest BCUT2D eigenvalue weighted by Gasteiger charge is 2.23. The first-order chi connectivity index (χ1) is 9.56. The molecule has 6 nitrogen and oxygen atoms in total. The van der Waals surface area contributed by atoms with Gasteiger partial charge in [-0.3, -0.25) is 0 Å². The summed E-state index contributed by atoms with van der Waals surface area (Å²) in [5.74, 6) is -0.411. The van der Waals surface area contributed by atoms with Crippen LogP contribution in [0.4, 0.5) is 4.79 Å². The third-order valence-corrected chi connectivity index (χ3v) is 3.87. The SMILES string of the molecule is CCC(CC)CNC(=O)N1CCC(OCC(=O)O)CC1. The molecule has 2 amide bonds. The van der Waals surface area contributed by atoms with Gasteiger partial charge in [-0.25, -0.2) is 9.59 Å². The highest BCUT2D eigenvalue weighted by Crippen LogP contribution is 2.14. The number of carbonyl (C=O) groups excluding carboxylic acids is 1. The Morgan fingerprint density at radius 1 is 1.30 bits per heavy atom. The lowest BCUT2D eigenvalue weighted by molar-refractivity contribution is -0.145. The fraction of sp³-hybridized carbons (Fsp3) is 0.857. The molecule has 1 saturated heterocycles. The Kier molecular flexibility index (Phi) is 7.36. The van der Waals surface area contributed by atoms with Crippen LogP contribution in [0.1, 0.15) is 39.5 Å². The van der Waals surface area contributed by atoms with Crippen molar-refractivity contribution in [2.75, 3.05) is 26.2 Å². The van der Waals surface area contributed by atoms with Gasteiger partial charge in [-0.1, -0.05) is 26.7 Å². The highest BCUT2D eigenvalue weighted by atomic mass is 16.5. The molecule has 116 valence electrons.